The fraction of sp³-hybridized carbons (Fsp3) is 0.667. The van der Waals surface area contributed by atoms with Gasteiger partial charge < -0.3 is 4.37 Å². The molecule has 1 nitrogen and oxygen atoms in total. The van der Waals surface area contributed by atoms with Crippen molar-refractivity contribution in [3.63, 3.8) is 0 Å². The van der Waals surface area contributed by atoms with Gasteiger partial charge in [-0.1, -0.05) is 19.6 Å². The molecule has 90 valence electrons. The topological polar surface area (TPSA) is 2.70 Å². The lowest BCUT2D eigenvalue weighted by molar-refractivity contribution is -0.162. The number of thioether (sulfide) groups is 1. The molecule has 16 heavy (non-hydrogen) atoms. The Morgan fingerprint density at radius 3 is 2.88 bits per heavy atom. The van der Waals surface area contributed by atoms with Crippen molar-refractivity contribution in [2.24, 2.45) is 0 Å². The molecule has 1 aromatic rings. The molecule has 4 heteroatoms. The quantitative estimate of drug-likeness (QED) is 0.595. The van der Waals surface area contributed by atoms with Crippen LogP contribution in [0.15, 0.2) is 16.8 Å². The lowest BCUT2D eigenvalue weighted by atomic mass is 10.2. The molecule has 1 aliphatic rings. The van der Waals surface area contributed by atoms with Gasteiger partial charge in [0.1, 0.15) is 14.3 Å². The average molecular weight is 274 g/mol. The Morgan fingerprint density at radius 2 is 2.25 bits per heavy atom. The molecule has 0 saturated carbocycles. The van der Waals surface area contributed by atoms with E-state index in [0.29, 0.717) is 6.10 Å². The standard InChI is InChI=1S/C12H21OS2Si/c1-16(2,3)10-13-5-7-15-9-12(13)11-4-6-14-8-11/h4,6,8,12H,5,7,9-10H2,1-3H3/q+1/t12-/m0/s1. The van der Waals surface area contributed by atoms with Crippen molar-refractivity contribution in [1.29, 1.82) is 0 Å². The van der Waals surface area contributed by atoms with Crippen LogP contribution in [0.5, 0.6) is 0 Å². The van der Waals surface area contributed by atoms with Crippen LogP contribution < -0.4 is 0 Å². The van der Waals surface area contributed by atoms with Crippen molar-refractivity contribution in [2.45, 2.75) is 25.7 Å². The fourth-order valence-corrected chi connectivity index (χ4v) is 5.33. The van der Waals surface area contributed by atoms with E-state index in [4.69, 9.17) is 0 Å². The molecular formula is C12H21OS2Si+. The lowest BCUT2D eigenvalue weighted by Gasteiger charge is -2.34. The average Bonchev–Trinajstić information content (AvgIpc) is 2.69. The Bertz CT molecular complexity index is 318. The third-order valence-corrected chi connectivity index (χ3v) is 5.63. The molecule has 0 amide bonds. The summed E-state index contributed by atoms with van der Waals surface area (Å²) in [6, 6.07) is 2.28. The summed E-state index contributed by atoms with van der Waals surface area (Å²) in [6.07, 6.45) is 1.85. The monoisotopic (exact) mass is 273 g/mol. The van der Waals surface area contributed by atoms with Gasteiger partial charge in [-0.2, -0.15) is 11.3 Å². The van der Waals surface area contributed by atoms with Gasteiger partial charge in [0.25, 0.3) is 0 Å². The second-order valence-electron chi connectivity index (χ2n) is 5.57. The van der Waals surface area contributed by atoms with Crippen molar-refractivity contribution in [2.75, 3.05) is 24.3 Å². The van der Waals surface area contributed by atoms with Gasteiger partial charge in [0, 0.05) is 10.9 Å². The minimum Gasteiger partial charge on any atom is -0.418 e. The maximum atomic E-state index is 3.61. The van der Waals surface area contributed by atoms with Gasteiger partial charge in [-0.05, 0) is 11.4 Å². The highest BCUT2D eigenvalue weighted by Gasteiger charge is 2.34. The summed E-state index contributed by atoms with van der Waals surface area (Å²) in [6.45, 7) is 8.54. The minimum absolute atomic E-state index is 0.594. The number of rotatable bonds is 3. The van der Waals surface area contributed by atoms with E-state index >= 15 is 0 Å². The van der Waals surface area contributed by atoms with Gasteiger partial charge in [-0.15, -0.1) is 11.8 Å². The van der Waals surface area contributed by atoms with E-state index in [1.807, 2.05) is 11.3 Å². The third-order valence-electron chi connectivity index (χ3n) is 2.69. The Balaban J connectivity index is 2.08. The van der Waals surface area contributed by atoms with E-state index in [0.717, 1.165) is 0 Å². The van der Waals surface area contributed by atoms with E-state index in [2.05, 4.69) is 52.6 Å². The molecule has 1 atom stereocenters. The van der Waals surface area contributed by atoms with Crippen molar-refractivity contribution in [3.8, 4) is 0 Å². The Kier molecular flexibility index (Phi) is 4.16. The van der Waals surface area contributed by atoms with Crippen LogP contribution in [0.1, 0.15) is 11.7 Å². The van der Waals surface area contributed by atoms with E-state index in [-0.39, 0.29) is 0 Å². The summed E-state index contributed by atoms with van der Waals surface area (Å²) in [4.78, 5) is 0. The van der Waals surface area contributed by atoms with E-state index in [1.165, 1.54) is 29.9 Å². The highest BCUT2D eigenvalue weighted by atomic mass is 32.2. The van der Waals surface area contributed by atoms with Crippen LogP contribution >= 0.6 is 23.1 Å². The first kappa shape index (κ1) is 12.7. The summed E-state index contributed by atoms with van der Waals surface area (Å²) >= 11 is 3.90. The van der Waals surface area contributed by atoms with Crippen LogP contribution in [-0.2, 0) is 4.37 Å². The molecule has 1 aliphatic heterocycles. The zero-order valence-corrected chi connectivity index (χ0v) is 13.0. The van der Waals surface area contributed by atoms with Gasteiger partial charge in [0.2, 0.25) is 0 Å². The summed E-state index contributed by atoms with van der Waals surface area (Å²) in [5, 5.41) is 4.50. The molecule has 0 aromatic carbocycles. The SMILES string of the molecule is C[Si](C)(C)C[O+]1CCSC[C@H]1c1ccsc1. The molecular weight excluding hydrogens is 252 g/mol. The lowest BCUT2D eigenvalue weighted by Crippen LogP contribution is -2.40. The van der Waals surface area contributed by atoms with Gasteiger partial charge in [0.15, 0.2) is 12.7 Å². The summed E-state index contributed by atoms with van der Waals surface area (Å²) in [5.74, 6) is 2.52. The molecule has 0 aliphatic carbocycles. The second kappa shape index (κ2) is 5.25. The number of hydrogen-bond donors (Lipinski definition) is 0. The van der Waals surface area contributed by atoms with Crippen LogP contribution in [0.3, 0.4) is 0 Å². The van der Waals surface area contributed by atoms with E-state index < -0.39 is 8.07 Å². The van der Waals surface area contributed by atoms with Crippen LogP contribution in [0.4, 0.5) is 0 Å². The Morgan fingerprint density at radius 1 is 1.44 bits per heavy atom. The van der Waals surface area contributed by atoms with Gasteiger partial charge in [-0.25, -0.2) is 0 Å². The highest BCUT2D eigenvalue weighted by Crippen LogP contribution is 2.34. The predicted octanol–water partition coefficient (Wildman–Crippen LogP) is 3.97. The molecule has 1 saturated heterocycles. The fourth-order valence-electron chi connectivity index (χ4n) is 2.07. The van der Waals surface area contributed by atoms with Crippen LogP contribution in [0, 0.1) is 0 Å². The molecule has 2 rings (SSSR count). The van der Waals surface area contributed by atoms with E-state index in [1.54, 1.807) is 0 Å². The zero-order valence-electron chi connectivity index (χ0n) is 10.4. The third kappa shape index (κ3) is 3.36. The molecule has 0 spiro atoms. The molecule has 0 N–H and O–H groups in total. The first-order valence-electron chi connectivity index (χ1n) is 5.82. The van der Waals surface area contributed by atoms with Crippen molar-refractivity contribution in [3.05, 3.63) is 22.4 Å². The zero-order chi connectivity index (χ0) is 11.6. The molecule has 2 heterocycles. The summed E-state index contributed by atoms with van der Waals surface area (Å²) < 4.78 is 3.61. The largest absolute Gasteiger partial charge is 0.418 e. The number of thiophene rings is 1. The Labute approximate surface area is 108 Å². The molecule has 0 unspecified atom stereocenters. The van der Waals surface area contributed by atoms with Gasteiger partial charge in [0.05, 0.1) is 11.5 Å². The minimum atomic E-state index is -1.02. The number of hydrogen-bond acceptors (Lipinski definition) is 2. The summed E-state index contributed by atoms with van der Waals surface area (Å²) in [7, 11) is -1.02. The first-order chi connectivity index (χ1) is 7.56. The smallest absolute Gasteiger partial charge is 0.191 e. The molecule has 1 aromatic heterocycles. The van der Waals surface area contributed by atoms with Crippen LogP contribution in [-0.4, -0.2) is 32.4 Å². The van der Waals surface area contributed by atoms with Gasteiger partial charge >= 0.3 is 0 Å². The molecule has 0 bridgehead atoms. The Hall–Kier alpha value is 0.227. The summed E-state index contributed by atoms with van der Waals surface area (Å²) in [5.41, 5.74) is 1.50. The van der Waals surface area contributed by atoms with Gasteiger partial charge in [-0.3, -0.25) is 0 Å². The maximum absolute atomic E-state index is 3.61. The van der Waals surface area contributed by atoms with Crippen LogP contribution in [0.25, 0.3) is 0 Å². The van der Waals surface area contributed by atoms with E-state index in [9.17, 15) is 0 Å². The predicted molar refractivity (Wildman–Crippen MR) is 78.6 cm³/mol. The highest BCUT2D eigenvalue weighted by molar-refractivity contribution is 7.99. The van der Waals surface area contributed by atoms with Crippen LogP contribution in [0.2, 0.25) is 19.6 Å². The maximum Gasteiger partial charge on any atom is 0.191 e. The van der Waals surface area contributed by atoms with Crippen molar-refractivity contribution in [1.82, 2.24) is 0 Å². The van der Waals surface area contributed by atoms with Crippen molar-refractivity contribution >= 4 is 31.2 Å². The molecule has 0 radical (unpaired) electrons. The molecule has 1 fully saturated rings. The normalized spacial score (nSPS) is 23.6. The second-order valence-corrected chi connectivity index (χ2v) is 12.9. The first-order valence-corrected chi connectivity index (χ1v) is 11.6. The van der Waals surface area contributed by atoms with Crippen molar-refractivity contribution < 1.29 is 4.37 Å².